The molecule has 0 amide bonds. The van der Waals surface area contributed by atoms with Crippen LogP contribution in [0, 0.1) is 11.5 Å². The molecule has 4 rings (SSSR count). The van der Waals surface area contributed by atoms with E-state index in [2.05, 4.69) is 28.3 Å². The molecule has 0 spiro atoms. The number of methoxy groups -OCH3 is 1. The van der Waals surface area contributed by atoms with Crippen molar-refractivity contribution in [2.75, 3.05) is 13.7 Å². The van der Waals surface area contributed by atoms with Crippen LogP contribution < -0.4 is 4.74 Å². The summed E-state index contributed by atoms with van der Waals surface area (Å²) in [6.07, 6.45) is 10.00. The summed E-state index contributed by atoms with van der Waals surface area (Å²) in [7, 11) is 1.61. The van der Waals surface area contributed by atoms with Crippen LogP contribution in [0.4, 0.5) is 0 Å². The summed E-state index contributed by atoms with van der Waals surface area (Å²) < 4.78 is 7.15. The lowest BCUT2D eigenvalue weighted by Crippen LogP contribution is -2.21. The molecule has 1 aliphatic rings. The summed E-state index contributed by atoms with van der Waals surface area (Å²) in [5.74, 6) is 0.599. The van der Waals surface area contributed by atoms with E-state index in [4.69, 9.17) is 4.74 Å². The van der Waals surface area contributed by atoms with Gasteiger partial charge in [0.15, 0.2) is 6.19 Å². The molecule has 0 bridgehead atoms. The van der Waals surface area contributed by atoms with Gasteiger partial charge in [-0.25, -0.2) is 9.97 Å². The standard InChI is InChI=1S/C20H19N5O/c1-26-19-8-7-17(11-22-19)15-4-2-5-16(10-15)18-12-25(14-23-18)20-6-3-9-24(20)13-21/h2,4-5,7-8,10-12,14,20H,3,6,9H2,1H3. The largest absolute Gasteiger partial charge is 0.481 e. The number of nitriles is 1. The number of benzene rings is 1. The Morgan fingerprint density at radius 2 is 2.04 bits per heavy atom. The van der Waals surface area contributed by atoms with E-state index in [1.165, 1.54) is 0 Å². The van der Waals surface area contributed by atoms with Gasteiger partial charge in [0.05, 0.1) is 19.1 Å². The Kier molecular flexibility index (Phi) is 4.28. The highest BCUT2D eigenvalue weighted by atomic mass is 16.5. The molecule has 1 saturated heterocycles. The minimum Gasteiger partial charge on any atom is -0.481 e. The highest BCUT2D eigenvalue weighted by Gasteiger charge is 2.25. The van der Waals surface area contributed by atoms with Crippen molar-refractivity contribution in [1.82, 2.24) is 19.4 Å². The van der Waals surface area contributed by atoms with Gasteiger partial charge in [0.1, 0.15) is 6.17 Å². The molecule has 1 aromatic carbocycles. The van der Waals surface area contributed by atoms with Crippen molar-refractivity contribution >= 4 is 0 Å². The molecule has 1 fully saturated rings. The first-order chi connectivity index (χ1) is 12.8. The molecule has 130 valence electrons. The number of rotatable bonds is 4. The van der Waals surface area contributed by atoms with E-state index < -0.39 is 0 Å². The van der Waals surface area contributed by atoms with Crippen molar-refractivity contribution in [3.63, 3.8) is 0 Å². The fourth-order valence-electron chi connectivity index (χ4n) is 3.35. The lowest BCUT2D eigenvalue weighted by molar-refractivity contribution is 0.281. The van der Waals surface area contributed by atoms with Crippen LogP contribution >= 0.6 is 0 Å². The SMILES string of the molecule is COc1ccc(-c2cccc(-c3cn(C4CCCN4C#N)cn3)c2)cn1. The zero-order chi connectivity index (χ0) is 17.9. The Labute approximate surface area is 152 Å². The van der Waals surface area contributed by atoms with Gasteiger partial charge in [-0.05, 0) is 30.5 Å². The van der Waals surface area contributed by atoms with Crippen LogP contribution in [0.1, 0.15) is 19.0 Å². The van der Waals surface area contributed by atoms with Gasteiger partial charge in [0.25, 0.3) is 0 Å². The number of ether oxygens (including phenoxy) is 1. The van der Waals surface area contributed by atoms with Gasteiger partial charge >= 0.3 is 0 Å². The molecular weight excluding hydrogens is 326 g/mol. The van der Waals surface area contributed by atoms with E-state index in [0.717, 1.165) is 41.8 Å². The summed E-state index contributed by atoms with van der Waals surface area (Å²) in [5, 5.41) is 9.25. The minimum atomic E-state index is 0.0789. The molecule has 2 aromatic heterocycles. The molecule has 6 heteroatoms. The molecule has 0 radical (unpaired) electrons. The maximum absolute atomic E-state index is 9.25. The Balaban J connectivity index is 1.62. The van der Waals surface area contributed by atoms with E-state index in [-0.39, 0.29) is 6.17 Å². The first-order valence-corrected chi connectivity index (χ1v) is 8.59. The summed E-state index contributed by atoms with van der Waals surface area (Å²) in [6, 6.07) is 12.1. The van der Waals surface area contributed by atoms with Crippen molar-refractivity contribution in [2.45, 2.75) is 19.0 Å². The highest BCUT2D eigenvalue weighted by molar-refractivity contribution is 5.70. The van der Waals surface area contributed by atoms with Gasteiger partial charge in [-0.3, -0.25) is 4.90 Å². The van der Waals surface area contributed by atoms with E-state index in [0.29, 0.717) is 5.88 Å². The summed E-state index contributed by atoms with van der Waals surface area (Å²) in [5.41, 5.74) is 4.04. The number of hydrogen-bond donors (Lipinski definition) is 0. The smallest absolute Gasteiger partial charge is 0.212 e. The summed E-state index contributed by atoms with van der Waals surface area (Å²) in [6.45, 7) is 0.814. The van der Waals surface area contributed by atoms with Crippen LogP contribution in [0.25, 0.3) is 22.4 Å². The molecule has 6 nitrogen and oxygen atoms in total. The fourth-order valence-corrected chi connectivity index (χ4v) is 3.35. The zero-order valence-electron chi connectivity index (χ0n) is 14.5. The Morgan fingerprint density at radius 1 is 1.15 bits per heavy atom. The monoisotopic (exact) mass is 345 g/mol. The minimum absolute atomic E-state index is 0.0789. The molecule has 1 unspecified atom stereocenters. The second kappa shape index (κ2) is 6.89. The first kappa shape index (κ1) is 16.2. The fraction of sp³-hybridized carbons (Fsp3) is 0.250. The third-order valence-electron chi connectivity index (χ3n) is 4.73. The summed E-state index contributed by atoms with van der Waals surface area (Å²) in [4.78, 5) is 10.6. The van der Waals surface area contributed by atoms with E-state index in [9.17, 15) is 5.26 Å². The Hall–Kier alpha value is -3.33. The van der Waals surface area contributed by atoms with E-state index >= 15 is 0 Å². The average molecular weight is 345 g/mol. The van der Waals surface area contributed by atoms with Crippen LogP contribution in [-0.2, 0) is 0 Å². The number of likely N-dealkylation sites (tertiary alicyclic amines) is 1. The zero-order valence-corrected chi connectivity index (χ0v) is 14.5. The van der Waals surface area contributed by atoms with Gasteiger partial charge in [0, 0.05) is 36.1 Å². The van der Waals surface area contributed by atoms with Gasteiger partial charge in [-0.15, -0.1) is 0 Å². The van der Waals surface area contributed by atoms with Crippen LogP contribution in [0.5, 0.6) is 5.88 Å². The molecule has 0 aliphatic carbocycles. The number of aromatic nitrogens is 3. The third kappa shape index (κ3) is 3.00. The maximum atomic E-state index is 9.25. The lowest BCUT2D eigenvalue weighted by atomic mass is 10.0. The lowest BCUT2D eigenvalue weighted by Gasteiger charge is -2.19. The van der Waals surface area contributed by atoms with Gasteiger partial charge in [-0.2, -0.15) is 5.26 Å². The van der Waals surface area contributed by atoms with Crippen molar-refractivity contribution in [1.29, 1.82) is 5.26 Å². The van der Waals surface area contributed by atoms with Crippen LogP contribution in [0.15, 0.2) is 55.1 Å². The second-order valence-electron chi connectivity index (χ2n) is 6.29. The van der Waals surface area contributed by atoms with E-state index in [1.807, 2.05) is 46.3 Å². The molecule has 1 atom stereocenters. The van der Waals surface area contributed by atoms with Crippen LogP contribution in [-0.4, -0.2) is 33.1 Å². The summed E-state index contributed by atoms with van der Waals surface area (Å²) >= 11 is 0. The molecular formula is C20H19N5O. The predicted molar refractivity (Wildman–Crippen MR) is 98.0 cm³/mol. The van der Waals surface area contributed by atoms with Gasteiger partial charge < -0.3 is 9.30 Å². The molecule has 0 N–H and O–H groups in total. The molecule has 26 heavy (non-hydrogen) atoms. The van der Waals surface area contributed by atoms with Crippen molar-refractivity contribution in [3.8, 4) is 34.5 Å². The van der Waals surface area contributed by atoms with Crippen LogP contribution in [0.3, 0.4) is 0 Å². The number of pyridine rings is 1. The van der Waals surface area contributed by atoms with Gasteiger partial charge in [-0.1, -0.05) is 18.2 Å². The topological polar surface area (TPSA) is 67.0 Å². The van der Waals surface area contributed by atoms with Crippen molar-refractivity contribution in [2.24, 2.45) is 0 Å². The normalized spacial score (nSPS) is 16.5. The first-order valence-electron chi connectivity index (χ1n) is 8.59. The second-order valence-corrected chi connectivity index (χ2v) is 6.29. The van der Waals surface area contributed by atoms with Crippen LogP contribution in [0.2, 0.25) is 0 Å². The number of nitrogens with zero attached hydrogens (tertiary/aromatic N) is 5. The Morgan fingerprint density at radius 3 is 2.81 bits per heavy atom. The average Bonchev–Trinajstić information content (AvgIpc) is 3.37. The van der Waals surface area contributed by atoms with Crippen molar-refractivity contribution in [3.05, 3.63) is 55.1 Å². The van der Waals surface area contributed by atoms with E-state index in [1.54, 1.807) is 13.3 Å². The highest BCUT2D eigenvalue weighted by Crippen LogP contribution is 2.29. The number of hydrogen-bond acceptors (Lipinski definition) is 5. The molecule has 1 aliphatic heterocycles. The Bertz CT molecular complexity index is 941. The maximum Gasteiger partial charge on any atom is 0.212 e. The van der Waals surface area contributed by atoms with Gasteiger partial charge in [0.2, 0.25) is 5.88 Å². The number of imidazole rings is 1. The van der Waals surface area contributed by atoms with Crippen molar-refractivity contribution < 1.29 is 4.74 Å². The predicted octanol–water partition coefficient (Wildman–Crippen LogP) is 3.70. The molecule has 3 aromatic rings. The third-order valence-corrected chi connectivity index (χ3v) is 4.73. The molecule has 0 saturated carbocycles. The quantitative estimate of drug-likeness (QED) is 0.675. The molecule has 3 heterocycles.